The first-order chi connectivity index (χ1) is 13.0. The zero-order chi connectivity index (χ0) is 18.6. The lowest BCUT2D eigenvalue weighted by atomic mass is 9.43. The van der Waals surface area contributed by atoms with Crippen LogP contribution in [0.1, 0.15) is 56.1 Å². The quantitative estimate of drug-likeness (QED) is 0.829. The van der Waals surface area contributed by atoms with Crippen LogP contribution >= 0.6 is 0 Å². The summed E-state index contributed by atoms with van der Waals surface area (Å²) in [5, 5.41) is 2.83. The first-order valence-electron chi connectivity index (χ1n) is 10.5. The molecule has 4 aliphatic carbocycles. The Bertz CT molecular complexity index is 754. The van der Waals surface area contributed by atoms with Crippen LogP contribution in [-0.2, 0) is 19.7 Å². The number of amides is 1. The summed E-state index contributed by atoms with van der Waals surface area (Å²) in [6.07, 6.45) is 7.15. The molecule has 1 amide bonds. The lowest BCUT2D eigenvalue weighted by Gasteiger charge is -2.61. The van der Waals surface area contributed by atoms with Crippen molar-refractivity contribution in [2.24, 2.45) is 23.2 Å². The molecule has 5 fully saturated rings. The van der Waals surface area contributed by atoms with Crippen LogP contribution in [0.25, 0.3) is 0 Å². The third kappa shape index (κ3) is 2.88. The SMILES string of the molecule is Cc1ccc(C23C[C@H]4C[C@@H](CC(C(=O)OC[C@H]5CNC(=O)C5)(C4)C2)C3)cc1. The molecule has 144 valence electrons. The highest BCUT2D eigenvalue weighted by Crippen LogP contribution is 2.66. The smallest absolute Gasteiger partial charge is 0.312 e. The summed E-state index contributed by atoms with van der Waals surface area (Å²) in [7, 11) is 0. The maximum atomic E-state index is 13.2. The largest absolute Gasteiger partial charge is 0.465 e. The van der Waals surface area contributed by atoms with E-state index in [-0.39, 0.29) is 28.6 Å². The Labute approximate surface area is 161 Å². The lowest BCUT2D eigenvalue weighted by Crippen LogP contribution is -2.57. The van der Waals surface area contributed by atoms with Crippen LogP contribution in [0.5, 0.6) is 0 Å². The van der Waals surface area contributed by atoms with Crippen molar-refractivity contribution in [1.29, 1.82) is 0 Å². The Hall–Kier alpha value is -1.84. The fraction of sp³-hybridized carbons (Fsp3) is 0.652. The molecule has 0 radical (unpaired) electrons. The number of hydrogen-bond acceptors (Lipinski definition) is 3. The highest BCUT2D eigenvalue weighted by Gasteiger charge is 2.61. The zero-order valence-electron chi connectivity index (χ0n) is 16.1. The fourth-order valence-electron chi connectivity index (χ4n) is 6.88. The molecule has 0 aromatic heterocycles. The lowest BCUT2D eigenvalue weighted by molar-refractivity contribution is -0.175. The van der Waals surface area contributed by atoms with Gasteiger partial charge in [0, 0.05) is 18.9 Å². The van der Waals surface area contributed by atoms with Crippen LogP contribution in [0.2, 0.25) is 0 Å². The Kier molecular flexibility index (Phi) is 3.89. The van der Waals surface area contributed by atoms with Crippen molar-refractivity contribution < 1.29 is 14.3 Å². The number of hydrogen-bond donors (Lipinski definition) is 1. The summed E-state index contributed by atoms with van der Waals surface area (Å²) in [6.45, 7) is 3.15. The molecule has 4 nitrogen and oxygen atoms in total. The predicted molar refractivity (Wildman–Crippen MR) is 102 cm³/mol. The highest BCUT2D eigenvalue weighted by atomic mass is 16.5. The first-order valence-corrected chi connectivity index (χ1v) is 10.5. The van der Waals surface area contributed by atoms with Gasteiger partial charge in [0.1, 0.15) is 0 Å². The Morgan fingerprint density at radius 3 is 2.48 bits per heavy atom. The number of ether oxygens (including phenoxy) is 1. The van der Waals surface area contributed by atoms with E-state index in [0.717, 1.165) is 19.3 Å². The average molecular weight is 367 g/mol. The van der Waals surface area contributed by atoms with E-state index in [0.29, 0.717) is 31.4 Å². The van der Waals surface area contributed by atoms with Gasteiger partial charge in [0.15, 0.2) is 0 Å². The van der Waals surface area contributed by atoms with Crippen LogP contribution in [0.3, 0.4) is 0 Å². The van der Waals surface area contributed by atoms with Crippen LogP contribution in [-0.4, -0.2) is 25.0 Å². The molecular formula is C23H29NO3. The van der Waals surface area contributed by atoms with Gasteiger partial charge >= 0.3 is 5.97 Å². The number of carbonyl (C=O) groups is 2. The number of nitrogens with one attached hydrogen (secondary N) is 1. The summed E-state index contributed by atoms with van der Waals surface area (Å²) >= 11 is 0. The molecule has 1 aromatic carbocycles. The molecule has 1 heterocycles. The Balaban J connectivity index is 1.37. The summed E-state index contributed by atoms with van der Waals surface area (Å²) in [6, 6.07) is 9.00. The molecule has 1 saturated heterocycles. The summed E-state index contributed by atoms with van der Waals surface area (Å²) < 4.78 is 5.83. The molecule has 3 atom stereocenters. The van der Waals surface area contributed by atoms with Gasteiger partial charge in [-0.05, 0) is 68.3 Å². The Morgan fingerprint density at radius 1 is 1.15 bits per heavy atom. The van der Waals surface area contributed by atoms with Crippen molar-refractivity contribution in [3.8, 4) is 0 Å². The summed E-state index contributed by atoms with van der Waals surface area (Å²) in [5.74, 6) is 1.52. The van der Waals surface area contributed by atoms with Crippen molar-refractivity contribution in [3.63, 3.8) is 0 Å². The minimum Gasteiger partial charge on any atom is -0.465 e. The second-order valence-electron chi connectivity index (χ2n) is 9.86. The predicted octanol–water partition coefficient (Wildman–Crippen LogP) is 3.51. The van der Waals surface area contributed by atoms with Gasteiger partial charge in [0.05, 0.1) is 12.0 Å². The third-order valence-electron chi connectivity index (χ3n) is 7.67. The number of benzene rings is 1. The molecule has 4 bridgehead atoms. The standard InChI is InChI=1S/C23H29NO3/c1-15-2-4-19(5-3-15)22-8-16-6-17(9-22)11-23(10-16,14-22)21(26)27-13-18-7-20(25)24-12-18/h2-5,16-18H,6-14H2,1H3,(H,24,25)/t16-,17-,18-,22?,23?/m1/s1. The van der Waals surface area contributed by atoms with Crippen LogP contribution in [0.4, 0.5) is 0 Å². The molecule has 5 aliphatic rings. The number of carbonyl (C=O) groups excluding carboxylic acids is 2. The van der Waals surface area contributed by atoms with Crippen molar-refractivity contribution in [3.05, 3.63) is 35.4 Å². The van der Waals surface area contributed by atoms with E-state index >= 15 is 0 Å². The van der Waals surface area contributed by atoms with Gasteiger partial charge < -0.3 is 10.1 Å². The van der Waals surface area contributed by atoms with E-state index in [1.807, 2.05) is 0 Å². The van der Waals surface area contributed by atoms with E-state index < -0.39 is 0 Å². The van der Waals surface area contributed by atoms with Crippen molar-refractivity contribution in [1.82, 2.24) is 5.32 Å². The third-order valence-corrected chi connectivity index (χ3v) is 7.67. The van der Waals surface area contributed by atoms with Crippen molar-refractivity contribution >= 4 is 11.9 Å². The minimum absolute atomic E-state index is 0.00688. The second kappa shape index (κ2) is 6.08. The maximum absolute atomic E-state index is 13.2. The highest BCUT2D eigenvalue weighted by molar-refractivity contribution is 5.79. The maximum Gasteiger partial charge on any atom is 0.312 e. The normalized spacial score (nSPS) is 39.4. The van der Waals surface area contributed by atoms with Gasteiger partial charge in [-0.2, -0.15) is 0 Å². The number of aryl methyl sites for hydroxylation is 1. The minimum atomic E-state index is -0.301. The van der Waals surface area contributed by atoms with E-state index in [1.165, 1.54) is 30.4 Å². The second-order valence-corrected chi connectivity index (χ2v) is 9.86. The van der Waals surface area contributed by atoms with E-state index in [4.69, 9.17) is 4.74 Å². The number of rotatable bonds is 4. The van der Waals surface area contributed by atoms with E-state index in [2.05, 4.69) is 36.5 Å². The molecule has 6 rings (SSSR count). The van der Waals surface area contributed by atoms with Gasteiger partial charge in [-0.1, -0.05) is 29.8 Å². The summed E-state index contributed by atoms with van der Waals surface area (Å²) in [5.41, 5.74) is 2.56. The summed E-state index contributed by atoms with van der Waals surface area (Å²) in [4.78, 5) is 24.6. The topological polar surface area (TPSA) is 55.4 Å². The fourth-order valence-corrected chi connectivity index (χ4v) is 6.88. The molecule has 1 aliphatic heterocycles. The zero-order valence-corrected chi connectivity index (χ0v) is 16.1. The van der Waals surface area contributed by atoms with Crippen molar-refractivity contribution in [2.45, 2.75) is 57.3 Å². The average Bonchev–Trinajstić information content (AvgIpc) is 3.04. The van der Waals surface area contributed by atoms with Gasteiger partial charge in [-0.15, -0.1) is 0 Å². The monoisotopic (exact) mass is 367 g/mol. The molecule has 4 heteroatoms. The van der Waals surface area contributed by atoms with Gasteiger partial charge in [-0.3, -0.25) is 9.59 Å². The van der Waals surface area contributed by atoms with Crippen LogP contribution < -0.4 is 5.32 Å². The Morgan fingerprint density at radius 2 is 1.85 bits per heavy atom. The van der Waals surface area contributed by atoms with E-state index in [1.54, 1.807) is 0 Å². The van der Waals surface area contributed by atoms with Crippen LogP contribution in [0.15, 0.2) is 24.3 Å². The first kappa shape index (κ1) is 17.3. The van der Waals surface area contributed by atoms with Crippen molar-refractivity contribution in [2.75, 3.05) is 13.2 Å². The molecule has 27 heavy (non-hydrogen) atoms. The molecule has 4 saturated carbocycles. The molecule has 0 unspecified atom stereocenters. The van der Waals surface area contributed by atoms with Crippen LogP contribution in [0, 0.1) is 30.1 Å². The van der Waals surface area contributed by atoms with Gasteiger partial charge in [0.2, 0.25) is 5.91 Å². The molecule has 1 aromatic rings. The van der Waals surface area contributed by atoms with Gasteiger partial charge in [0.25, 0.3) is 0 Å². The number of esters is 1. The van der Waals surface area contributed by atoms with E-state index in [9.17, 15) is 9.59 Å². The molecular weight excluding hydrogens is 338 g/mol. The van der Waals surface area contributed by atoms with Gasteiger partial charge in [-0.25, -0.2) is 0 Å². The molecule has 0 spiro atoms. The molecule has 1 N–H and O–H groups in total.